The SMILES string of the molecule is CC(C)(C)C(=O)Nc1c(C(=O)O)oc2ccccc12. The molecular weight excluding hydrogens is 246 g/mol. The Morgan fingerprint density at radius 1 is 1.21 bits per heavy atom. The monoisotopic (exact) mass is 261 g/mol. The number of carboxylic acids is 1. The molecule has 100 valence electrons. The number of rotatable bonds is 2. The van der Waals surface area contributed by atoms with Crippen molar-refractivity contribution in [3.05, 3.63) is 30.0 Å². The molecule has 0 fully saturated rings. The number of para-hydroxylation sites is 1. The zero-order valence-electron chi connectivity index (χ0n) is 11.0. The van der Waals surface area contributed by atoms with E-state index in [1.807, 2.05) is 0 Å². The summed E-state index contributed by atoms with van der Waals surface area (Å²) >= 11 is 0. The summed E-state index contributed by atoms with van der Waals surface area (Å²) in [6.07, 6.45) is 0. The largest absolute Gasteiger partial charge is 0.475 e. The molecule has 0 aliphatic carbocycles. The van der Waals surface area contributed by atoms with E-state index in [2.05, 4.69) is 5.32 Å². The highest BCUT2D eigenvalue weighted by atomic mass is 16.4. The molecule has 0 saturated carbocycles. The molecular formula is C14H15NO4. The summed E-state index contributed by atoms with van der Waals surface area (Å²) in [5.74, 6) is -1.72. The lowest BCUT2D eigenvalue weighted by atomic mass is 9.95. The van der Waals surface area contributed by atoms with Crippen molar-refractivity contribution in [1.29, 1.82) is 0 Å². The Bertz CT molecular complexity index is 649. The molecule has 0 saturated heterocycles. The molecule has 1 heterocycles. The van der Waals surface area contributed by atoms with Crippen LogP contribution in [0, 0.1) is 5.41 Å². The van der Waals surface area contributed by atoms with Crippen LogP contribution in [0.1, 0.15) is 31.3 Å². The second-order valence-corrected chi connectivity index (χ2v) is 5.31. The zero-order valence-corrected chi connectivity index (χ0v) is 11.0. The molecule has 2 aromatic rings. The van der Waals surface area contributed by atoms with E-state index in [1.165, 1.54) is 0 Å². The van der Waals surface area contributed by atoms with Crippen molar-refractivity contribution in [1.82, 2.24) is 0 Å². The smallest absolute Gasteiger partial charge is 0.374 e. The van der Waals surface area contributed by atoms with Crippen molar-refractivity contribution in [2.24, 2.45) is 5.41 Å². The van der Waals surface area contributed by atoms with Crippen molar-refractivity contribution in [3.8, 4) is 0 Å². The van der Waals surface area contributed by atoms with Gasteiger partial charge in [0, 0.05) is 10.8 Å². The van der Waals surface area contributed by atoms with E-state index >= 15 is 0 Å². The Morgan fingerprint density at radius 2 is 1.84 bits per heavy atom. The first-order valence-electron chi connectivity index (χ1n) is 5.87. The number of nitrogens with one attached hydrogen (secondary N) is 1. The van der Waals surface area contributed by atoms with Gasteiger partial charge in [-0.2, -0.15) is 0 Å². The lowest BCUT2D eigenvalue weighted by Crippen LogP contribution is -2.28. The van der Waals surface area contributed by atoms with E-state index in [4.69, 9.17) is 9.52 Å². The summed E-state index contributed by atoms with van der Waals surface area (Å²) in [5.41, 5.74) is 0.0286. The standard InChI is InChI=1S/C14H15NO4/c1-14(2,3)13(18)15-10-8-6-4-5-7-9(8)19-11(10)12(16)17/h4-7H,1-3H3,(H,15,18)(H,16,17). The maximum atomic E-state index is 12.0. The van der Waals surface area contributed by atoms with E-state index in [0.29, 0.717) is 11.0 Å². The number of carbonyl (C=O) groups is 2. The minimum absolute atomic E-state index is 0.211. The fraction of sp³-hybridized carbons (Fsp3) is 0.286. The van der Waals surface area contributed by atoms with E-state index in [1.54, 1.807) is 45.0 Å². The number of benzene rings is 1. The first-order valence-corrected chi connectivity index (χ1v) is 5.87. The number of carboxylic acid groups (broad SMARTS) is 1. The Kier molecular flexibility index (Phi) is 3.06. The summed E-state index contributed by atoms with van der Waals surface area (Å²) in [4.78, 5) is 23.2. The Labute approximate surface area is 110 Å². The topological polar surface area (TPSA) is 79.5 Å². The first kappa shape index (κ1) is 13.1. The van der Waals surface area contributed by atoms with Gasteiger partial charge in [0.15, 0.2) is 0 Å². The second kappa shape index (κ2) is 4.42. The number of hydrogen-bond donors (Lipinski definition) is 2. The van der Waals surface area contributed by atoms with Crippen LogP contribution in [0.2, 0.25) is 0 Å². The maximum absolute atomic E-state index is 12.0. The zero-order chi connectivity index (χ0) is 14.2. The van der Waals surface area contributed by atoms with Gasteiger partial charge in [-0.05, 0) is 12.1 Å². The fourth-order valence-electron chi connectivity index (χ4n) is 1.62. The minimum Gasteiger partial charge on any atom is -0.475 e. The molecule has 19 heavy (non-hydrogen) atoms. The molecule has 1 aromatic heterocycles. The lowest BCUT2D eigenvalue weighted by molar-refractivity contribution is -0.123. The number of carbonyl (C=O) groups excluding carboxylic acids is 1. The highest BCUT2D eigenvalue weighted by Gasteiger charge is 2.26. The van der Waals surface area contributed by atoms with Gasteiger partial charge in [-0.1, -0.05) is 32.9 Å². The Hall–Kier alpha value is -2.30. The van der Waals surface area contributed by atoms with E-state index in [9.17, 15) is 9.59 Å². The van der Waals surface area contributed by atoms with Crippen LogP contribution in [-0.4, -0.2) is 17.0 Å². The number of aromatic carboxylic acids is 1. The van der Waals surface area contributed by atoms with Crippen molar-refractivity contribution in [3.63, 3.8) is 0 Å². The third kappa shape index (κ3) is 2.45. The van der Waals surface area contributed by atoms with Crippen molar-refractivity contribution < 1.29 is 19.1 Å². The average Bonchev–Trinajstić information content (AvgIpc) is 2.67. The van der Waals surface area contributed by atoms with Gasteiger partial charge in [0.2, 0.25) is 11.7 Å². The molecule has 0 unspecified atom stereocenters. The van der Waals surface area contributed by atoms with E-state index in [0.717, 1.165) is 0 Å². The maximum Gasteiger partial charge on any atom is 0.374 e. The highest BCUT2D eigenvalue weighted by Crippen LogP contribution is 2.32. The van der Waals surface area contributed by atoms with Gasteiger partial charge >= 0.3 is 5.97 Å². The summed E-state index contributed by atoms with van der Waals surface area (Å²) in [5, 5.41) is 12.4. The van der Waals surface area contributed by atoms with E-state index in [-0.39, 0.29) is 17.4 Å². The Morgan fingerprint density at radius 3 is 2.42 bits per heavy atom. The second-order valence-electron chi connectivity index (χ2n) is 5.31. The number of furan rings is 1. The first-order chi connectivity index (χ1) is 8.80. The average molecular weight is 261 g/mol. The molecule has 0 spiro atoms. The highest BCUT2D eigenvalue weighted by molar-refractivity contribution is 6.09. The summed E-state index contributed by atoms with van der Waals surface area (Å²) in [6, 6.07) is 6.88. The van der Waals surface area contributed by atoms with Crippen molar-refractivity contribution >= 4 is 28.5 Å². The van der Waals surface area contributed by atoms with Gasteiger partial charge in [0.1, 0.15) is 11.3 Å². The van der Waals surface area contributed by atoms with Gasteiger partial charge in [-0.15, -0.1) is 0 Å². The van der Waals surface area contributed by atoms with Crippen LogP contribution >= 0.6 is 0 Å². The molecule has 2 N–H and O–H groups in total. The van der Waals surface area contributed by atoms with Crippen molar-refractivity contribution in [2.75, 3.05) is 5.32 Å². The van der Waals surface area contributed by atoms with E-state index < -0.39 is 11.4 Å². The predicted octanol–water partition coefficient (Wildman–Crippen LogP) is 3.12. The van der Waals surface area contributed by atoms with Crippen LogP contribution in [0.5, 0.6) is 0 Å². The molecule has 0 atom stereocenters. The van der Waals surface area contributed by atoms with Gasteiger partial charge in [0.05, 0.1) is 0 Å². The normalized spacial score (nSPS) is 11.5. The van der Waals surface area contributed by atoms with Crippen LogP contribution in [0.15, 0.2) is 28.7 Å². The van der Waals surface area contributed by atoms with Crippen LogP contribution < -0.4 is 5.32 Å². The predicted molar refractivity (Wildman–Crippen MR) is 71.3 cm³/mol. The summed E-state index contributed by atoms with van der Waals surface area (Å²) < 4.78 is 5.26. The van der Waals surface area contributed by atoms with Crippen molar-refractivity contribution in [2.45, 2.75) is 20.8 Å². The number of hydrogen-bond acceptors (Lipinski definition) is 3. The quantitative estimate of drug-likeness (QED) is 0.870. The number of fused-ring (bicyclic) bond motifs is 1. The molecule has 0 aliphatic heterocycles. The summed E-state index contributed by atoms with van der Waals surface area (Å²) in [7, 11) is 0. The van der Waals surface area contributed by atoms with Crippen LogP contribution in [-0.2, 0) is 4.79 Å². The van der Waals surface area contributed by atoms with Crippen LogP contribution in [0.3, 0.4) is 0 Å². The molecule has 5 heteroatoms. The molecule has 2 rings (SSSR count). The molecule has 1 aromatic carbocycles. The lowest BCUT2D eigenvalue weighted by Gasteiger charge is -2.17. The van der Waals surface area contributed by atoms with Gasteiger partial charge in [0.25, 0.3) is 0 Å². The molecule has 1 amide bonds. The number of amides is 1. The van der Waals surface area contributed by atoms with Gasteiger partial charge in [-0.25, -0.2) is 4.79 Å². The summed E-state index contributed by atoms with van der Waals surface area (Å²) in [6.45, 7) is 5.27. The molecule has 0 aliphatic rings. The Balaban J connectivity index is 2.54. The van der Waals surface area contributed by atoms with Gasteiger partial charge in [-0.3, -0.25) is 4.79 Å². The minimum atomic E-state index is -1.21. The van der Waals surface area contributed by atoms with Crippen LogP contribution in [0.25, 0.3) is 11.0 Å². The third-order valence-corrected chi connectivity index (χ3v) is 2.71. The fourth-order valence-corrected chi connectivity index (χ4v) is 1.62. The number of anilines is 1. The molecule has 0 bridgehead atoms. The third-order valence-electron chi connectivity index (χ3n) is 2.71. The van der Waals surface area contributed by atoms with Crippen LogP contribution in [0.4, 0.5) is 5.69 Å². The molecule has 5 nitrogen and oxygen atoms in total. The van der Waals surface area contributed by atoms with Gasteiger partial charge < -0.3 is 14.8 Å². The molecule has 0 radical (unpaired) electrons.